The summed E-state index contributed by atoms with van der Waals surface area (Å²) in [5.41, 5.74) is 8.87. The van der Waals surface area contributed by atoms with Crippen molar-refractivity contribution >= 4 is 23.4 Å². The quantitative estimate of drug-likeness (QED) is 0.419. The number of carbonyl (C=O) groups is 3. The minimum absolute atomic E-state index is 0.266. The number of nitrogens with two attached hydrogens (primary N) is 1. The fourth-order valence-electron chi connectivity index (χ4n) is 3.71. The van der Waals surface area contributed by atoms with Gasteiger partial charge in [0.15, 0.2) is 6.61 Å². The molecule has 2 aromatic rings. The minimum Gasteiger partial charge on any atom is -0.482 e. The van der Waals surface area contributed by atoms with E-state index in [2.05, 4.69) is 9.30 Å². The molecule has 0 unspecified atom stereocenters. The van der Waals surface area contributed by atoms with E-state index in [-0.39, 0.29) is 12.2 Å². The summed E-state index contributed by atoms with van der Waals surface area (Å²) in [6, 6.07) is 9.87. The highest BCUT2D eigenvalue weighted by Gasteiger charge is 2.32. The Morgan fingerprint density at radius 1 is 1.17 bits per heavy atom. The van der Waals surface area contributed by atoms with Crippen LogP contribution in [0.2, 0.25) is 0 Å². The minimum atomic E-state index is -1.02. The molecule has 0 saturated heterocycles. The number of hydrogen-bond acceptors (Lipinski definition) is 5. The van der Waals surface area contributed by atoms with E-state index in [1.165, 1.54) is 7.11 Å². The average Bonchev–Trinajstić information content (AvgIpc) is 3.05. The van der Waals surface area contributed by atoms with Gasteiger partial charge in [-0.1, -0.05) is 37.3 Å². The Morgan fingerprint density at radius 2 is 1.90 bits per heavy atom. The molecule has 0 aliphatic heterocycles. The molecule has 1 aliphatic carbocycles. The van der Waals surface area contributed by atoms with Crippen molar-refractivity contribution in [3.05, 3.63) is 64.5 Å². The van der Waals surface area contributed by atoms with E-state index in [0.717, 1.165) is 17.0 Å². The topological polar surface area (TPSA) is 101 Å². The lowest BCUT2D eigenvalue weighted by Gasteiger charge is -2.18. The highest BCUT2D eigenvalue weighted by Crippen LogP contribution is 2.36. The molecule has 0 bridgehead atoms. The number of benzene rings is 1. The normalized spacial score (nSPS) is 12.7. The molecular weight excluding hydrogens is 372 g/mol. The van der Waals surface area contributed by atoms with Crippen molar-refractivity contribution in [1.29, 1.82) is 0 Å². The number of hydrogen-bond donors (Lipinski definition) is 1. The van der Waals surface area contributed by atoms with Crippen molar-refractivity contribution in [2.75, 3.05) is 13.7 Å². The second-order valence-corrected chi connectivity index (χ2v) is 6.73. The van der Waals surface area contributed by atoms with Crippen LogP contribution in [0.1, 0.15) is 46.2 Å². The Labute approximate surface area is 169 Å². The first-order chi connectivity index (χ1) is 14.0. The lowest BCUT2D eigenvalue weighted by Crippen LogP contribution is -2.25. The Hall–Kier alpha value is -3.35. The largest absolute Gasteiger partial charge is 0.482 e. The lowest BCUT2D eigenvalue weighted by molar-refractivity contribution is -0.143. The number of carbonyl (C=O) groups excluding carboxylic acids is 3. The van der Waals surface area contributed by atoms with E-state index < -0.39 is 17.7 Å². The van der Waals surface area contributed by atoms with Crippen molar-refractivity contribution < 1.29 is 23.9 Å². The highest BCUT2D eigenvalue weighted by atomic mass is 16.6. The molecular formula is C22H24N2O5. The molecule has 7 heteroatoms. The zero-order valence-corrected chi connectivity index (χ0v) is 16.6. The van der Waals surface area contributed by atoms with Gasteiger partial charge >= 0.3 is 5.97 Å². The van der Waals surface area contributed by atoms with Crippen LogP contribution in [0.3, 0.4) is 0 Å². The van der Waals surface area contributed by atoms with Crippen molar-refractivity contribution in [2.45, 2.75) is 32.7 Å². The highest BCUT2D eigenvalue weighted by molar-refractivity contribution is 6.43. The molecule has 0 fully saturated rings. The number of methoxy groups -OCH3 is 1. The van der Waals surface area contributed by atoms with Crippen LogP contribution in [-0.4, -0.2) is 35.9 Å². The molecule has 1 amide bonds. The van der Waals surface area contributed by atoms with Gasteiger partial charge in [-0.15, -0.1) is 0 Å². The lowest BCUT2D eigenvalue weighted by atomic mass is 9.95. The third-order valence-electron chi connectivity index (χ3n) is 4.98. The first kappa shape index (κ1) is 20.4. The number of ether oxygens (including phenoxy) is 2. The zero-order valence-electron chi connectivity index (χ0n) is 16.6. The van der Waals surface area contributed by atoms with Crippen LogP contribution < -0.4 is 5.73 Å². The summed E-state index contributed by atoms with van der Waals surface area (Å²) in [5, 5.41) is 0. The number of Topliss-reactive ketones (excluding diaryl/α,β-unsaturated/α-hetero) is 1. The SMILES string of the molecule is CCc1c(C(=O)C(N)=O)c2c(n1Cc1ccccc1)CCC=C2OCC(=O)OC. The summed E-state index contributed by atoms with van der Waals surface area (Å²) < 4.78 is 12.4. The number of fused-ring (bicyclic) bond motifs is 1. The zero-order chi connectivity index (χ0) is 21.0. The molecule has 1 heterocycles. The molecule has 0 atom stereocenters. The van der Waals surface area contributed by atoms with E-state index in [1.807, 2.05) is 43.3 Å². The molecule has 1 aliphatic rings. The second kappa shape index (κ2) is 8.77. The van der Waals surface area contributed by atoms with Crippen molar-refractivity contribution in [3.63, 3.8) is 0 Å². The first-order valence-corrected chi connectivity index (χ1v) is 9.50. The first-order valence-electron chi connectivity index (χ1n) is 9.50. The van der Waals surface area contributed by atoms with Gasteiger partial charge in [0.2, 0.25) is 0 Å². The van der Waals surface area contributed by atoms with Gasteiger partial charge in [-0.2, -0.15) is 0 Å². The van der Waals surface area contributed by atoms with Gasteiger partial charge in [-0.05, 0) is 30.9 Å². The fraction of sp³-hybridized carbons (Fsp3) is 0.318. The van der Waals surface area contributed by atoms with Crippen LogP contribution in [0, 0.1) is 0 Å². The number of nitrogens with zero attached hydrogens (tertiary/aromatic N) is 1. The van der Waals surface area contributed by atoms with Crippen LogP contribution in [0.25, 0.3) is 5.76 Å². The molecule has 1 aromatic heterocycles. The van der Waals surface area contributed by atoms with Crippen molar-refractivity contribution in [2.24, 2.45) is 5.73 Å². The van der Waals surface area contributed by atoms with Crippen LogP contribution >= 0.6 is 0 Å². The van der Waals surface area contributed by atoms with Gasteiger partial charge in [0, 0.05) is 23.5 Å². The van der Waals surface area contributed by atoms with Crippen LogP contribution in [0.5, 0.6) is 0 Å². The Bertz CT molecular complexity index is 973. The number of rotatable bonds is 8. The molecule has 0 radical (unpaired) electrons. The van der Waals surface area contributed by atoms with E-state index in [4.69, 9.17) is 10.5 Å². The fourth-order valence-corrected chi connectivity index (χ4v) is 3.71. The number of primary amides is 1. The molecule has 2 N–H and O–H groups in total. The summed E-state index contributed by atoms with van der Waals surface area (Å²) in [5.74, 6) is -1.89. The van der Waals surface area contributed by atoms with E-state index in [0.29, 0.717) is 37.1 Å². The number of aromatic nitrogens is 1. The van der Waals surface area contributed by atoms with Gasteiger partial charge < -0.3 is 19.8 Å². The monoisotopic (exact) mass is 396 g/mol. The van der Waals surface area contributed by atoms with E-state index in [9.17, 15) is 14.4 Å². The standard InChI is InChI=1S/C22H24N2O5/c1-3-15-20(21(26)22(23)27)19-16(24(15)12-14-8-5-4-6-9-14)10-7-11-17(19)29-13-18(25)28-2/h4-6,8-9,11H,3,7,10,12-13H2,1-2H3,(H2,23,27). The molecule has 29 heavy (non-hydrogen) atoms. The maximum Gasteiger partial charge on any atom is 0.343 e. The van der Waals surface area contributed by atoms with Crippen molar-refractivity contribution in [3.8, 4) is 0 Å². The summed E-state index contributed by atoms with van der Waals surface area (Å²) in [6.07, 6.45) is 3.75. The maximum atomic E-state index is 12.7. The van der Waals surface area contributed by atoms with Gasteiger partial charge in [0.05, 0.1) is 12.7 Å². The van der Waals surface area contributed by atoms with Crippen LogP contribution in [0.4, 0.5) is 0 Å². The third-order valence-corrected chi connectivity index (χ3v) is 4.98. The van der Waals surface area contributed by atoms with Gasteiger partial charge in [0.25, 0.3) is 11.7 Å². The van der Waals surface area contributed by atoms with Gasteiger partial charge in [-0.3, -0.25) is 9.59 Å². The number of amides is 1. The summed E-state index contributed by atoms with van der Waals surface area (Å²) in [4.78, 5) is 36.1. The van der Waals surface area contributed by atoms with Gasteiger partial charge in [-0.25, -0.2) is 4.79 Å². The van der Waals surface area contributed by atoms with E-state index in [1.54, 1.807) is 0 Å². The predicted molar refractivity (Wildman–Crippen MR) is 107 cm³/mol. The Balaban J connectivity index is 2.14. The van der Waals surface area contributed by atoms with E-state index >= 15 is 0 Å². The molecule has 7 nitrogen and oxygen atoms in total. The molecule has 152 valence electrons. The van der Waals surface area contributed by atoms with Crippen LogP contribution in [0.15, 0.2) is 36.4 Å². The molecule has 0 spiro atoms. The molecule has 3 rings (SSSR count). The summed E-state index contributed by atoms with van der Waals surface area (Å²) in [6.45, 7) is 2.21. The van der Waals surface area contributed by atoms with Gasteiger partial charge in [0.1, 0.15) is 5.76 Å². The second-order valence-electron chi connectivity index (χ2n) is 6.73. The summed E-state index contributed by atoms with van der Waals surface area (Å²) >= 11 is 0. The number of allylic oxidation sites excluding steroid dienone is 1. The smallest absolute Gasteiger partial charge is 0.343 e. The third kappa shape index (κ3) is 4.08. The Kier molecular flexibility index (Phi) is 6.16. The average molecular weight is 396 g/mol. The molecule has 1 aromatic carbocycles. The maximum absolute atomic E-state index is 12.7. The summed E-state index contributed by atoms with van der Waals surface area (Å²) in [7, 11) is 1.28. The Morgan fingerprint density at radius 3 is 2.52 bits per heavy atom. The predicted octanol–water partition coefficient (Wildman–Crippen LogP) is 2.24. The number of esters is 1. The molecule has 0 saturated carbocycles. The van der Waals surface area contributed by atoms with Crippen LogP contribution in [-0.2, 0) is 38.4 Å². The van der Waals surface area contributed by atoms with Crippen molar-refractivity contribution in [1.82, 2.24) is 4.57 Å². The number of ketones is 1.